The number of aliphatic hydroxyl groups excluding tert-OH is 1. The Kier molecular flexibility index (Phi) is 3.23. The van der Waals surface area contributed by atoms with E-state index in [2.05, 4.69) is 11.4 Å². The van der Waals surface area contributed by atoms with E-state index in [1.807, 2.05) is 6.07 Å². The van der Waals surface area contributed by atoms with Crippen LogP contribution in [0.5, 0.6) is 5.75 Å². The second-order valence-electron chi connectivity index (χ2n) is 7.11. The molecule has 2 fully saturated rings. The second kappa shape index (κ2) is 4.99. The lowest BCUT2D eigenvalue weighted by Crippen LogP contribution is -2.60. The quantitative estimate of drug-likeness (QED) is 0.744. The van der Waals surface area contributed by atoms with Gasteiger partial charge in [-0.25, -0.2) is 0 Å². The van der Waals surface area contributed by atoms with Crippen LogP contribution in [0.1, 0.15) is 55.2 Å². The molecule has 1 aromatic rings. The van der Waals surface area contributed by atoms with Crippen molar-refractivity contribution in [2.24, 2.45) is 5.92 Å². The van der Waals surface area contributed by atoms with Gasteiger partial charge in [0.05, 0.1) is 6.61 Å². The van der Waals surface area contributed by atoms with Crippen LogP contribution < -0.4 is 5.32 Å². The summed E-state index contributed by atoms with van der Waals surface area (Å²) in [4.78, 5) is 0. The van der Waals surface area contributed by atoms with Crippen molar-refractivity contribution >= 4 is 0 Å². The van der Waals surface area contributed by atoms with Crippen LogP contribution in [-0.2, 0) is 18.4 Å². The molecule has 3 aliphatic rings. The highest BCUT2D eigenvalue weighted by Crippen LogP contribution is 2.54. The zero-order valence-corrected chi connectivity index (χ0v) is 12.6. The van der Waals surface area contributed by atoms with Gasteiger partial charge in [-0.1, -0.05) is 12.8 Å². The van der Waals surface area contributed by atoms with Crippen LogP contribution in [0.15, 0.2) is 12.1 Å². The predicted octanol–water partition coefficient (Wildman–Crippen LogP) is 2.62. The van der Waals surface area contributed by atoms with Crippen molar-refractivity contribution in [2.75, 3.05) is 6.54 Å². The summed E-state index contributed by atoms with van der Waals surface area (Å²) in [5, 5.41) is 23.4. The van der Waals surface area contributed by atoms with Gasteiger partial charge in [-0.3, -0.25) is 0 Å². The number of aryl methyl sites for hydroxylation is 1. The molecule has 0 aromatic heterocycles. The summed E-state index contributed by atoms with van der Waals surface area (Å²) in [5.41, 5.74) is 3.66. The molecule has 1 saturated heterocycles. The number of aliphatic hydroxyl groups is 1. The van der Waals surface area contributed by atoms with E-state index in [9.17, 15) is 10.2 Å². The minimum Gasteiger partial charge on any atom is -0.508 e. The number of hydrogen-bond acceptors (Lipinski definition) is 3. The zero-order chi connectivity index (χ0) is 14.4. The fourth-order valence-corrected chi connectivity index (χ4v) is 5.40. The summed E-state index contributed by atoms with van der Waals surface area (Å²) in [6.07, 6.45) is 8.76. The first-order chi connectivity index (χ1) is 10.3. The molecule has 1 aliphatic heterocycles. The van der Waals surface area contributed by atoms with E-state index in [1.54, 1.807) is 0 Å². The minimum atomic E-state index is -0.0722. The van der Waals surface area contributed by atoms with Gasteiger partial charge < -0.3 is 15.5 Å². The summed E-state index contributed by atoms with van der Waals surface area (Å²) in [7, 11) is 0. The monoisotopic (exact) mass is 287 g/mol. The fraction of sp³-hybridized carbons (Fsp3) is 0.667. The van der Waals surface area contributed by atoms with Gasteiger partial charge in [0, 0.05) is 17.0 Å². The van der Waals surface area contributed by atoms with Gasteiger partial charge in [0.1, 0.15) is 5.75 Å². The van der Waals surface area contributed by atoms with Crippen molar-refractivity contribution in [1.82, 2.24) is 5.32 Å². The van der Waals surface area contributed by atoms with Crippen molar-refractivity contribution in [2.45, 2.75) is 63.0 Å². The molecule has 0 amide bonds. The van der Waals surface area contributed by atoms with Gasteiger partial charge in [-0.2, -0.15) is 0 Å². The summed E-state index contributed by atoms with van der Waals surface area (Å²) < 4.78 is 0. The average molecular weight is 287 g/mol. The lowest BCUT2D eigenvalue weighted by Gasteiger charge is -2.56. The number of rotatable bonds is 1. The Morgan fingerprint density at radius 3 is 2.95 bits per heavy atom. The topological polar surface area (TPSA) is 52.5 Å². The Morgan fingerprint density at radius 2 is 2.10 bits per heavy atom. The molecule has 1 heterocycles. The SMILES string of the molecule is OCc1cc2c(cc1O)C13CCCCC1CCNC3CC2. The maximum Gasteiger partial charge on any atom is 0.121 e. The second-order valence-corrected chi connectivity index (χ2v) is 7.11. The van der Waals surface area contributed by atoms with Crippen molar-refractivity contribution in [3.63, 3.8) is 0 Å². The van der Waals surface area contributed by atoms with Crippen molar-refractivity contribution < 1.29 is 10.2 Å². The maximum atomic E-state index is 10.3. The van der Waals surface area contributed by atoms with Crippen LogP contribution in [0, 0.1) is 5.92 Å². The van der Waals surface area contributed by atoms with Crippen LogP contribution in [0.2, 0.25) is 0 Å². The van der Waals surface area contributed by atoms with E-state index >= 15 is 0 Å². The number of aromatic hydroxyl groups is 1. The molecule has 3 heteroatoms. The minimum absolute atomic E-state index is 0.0722. The molecule has 21 heavy (non-hydrogen) atoms. The van der Waals surface area contributed by atoms with Gasteiger partial charge in [0.15, 0.2) is 0 Å². The predicted molar refractivity (Wildman–Crippen MR) is 82.4 cm³/mol. The summed E-state index contributed by atoms with van der Waals surface area (Å²) in [5.74, 6) is 1.04. The zero-order valence-electron chi connectivity index (χ0n) is 12.6. The molecule has 0 radical (unpaired) electrons. The maximum absolute atomic E-state index is 10.3. The van der Waals surface area contributed by atoms with E-state index in [0.717, 1.165) is 18.9 Å². The Hall–Kier alpha value is -1.06. The van der Waals surface area contributed by atoms with E-state index in [4.69, 9.17) is 0 Å². The van der Waals surface area contributed by atoms with E-state index in [1.165, 1.54) is 49.7 Å². The molecular formula is C18H25NO2. The number of fused-ring (bicyclic) bond motifs is 1. The number of piperidine rings is 1. The Balaban J connectivity index is 1.88. The first-order valence-electron chi connectivity index (χ1n) is 8.45. The molecular weight excluding hydrogens is 262 g/mol. The first-order valence-corrected chi connectivity index (χ1v) is 8.45. The molecule has 3 N–H and O–H groups in total. The molecule has 4 rings (SSSR count). The summed E-state index contributed by atoms with van der Waals surface area (Å²) >= 11 is 0. The average Bonchev–Trinajstić information content (AvgIpc) is 2.53. The summed E-state index contributed by atoms with van der Waals surface area (Å²) in [6.45, 7) is 1.07. The molecule has 2 aliphatic carbocycles. The number of nitrogens with one attached hydrogen (secondary N) is 1. The standard InChI is InChI=1S/C18H25NO2/c20-11-13-9-12-4-5-17-18(15(12)10-16(13)21)7-2-1-3-14(18)6-8-19-17/h9-10,14,17,19-21H,1-8,11H2. The third-order valence-electron chi connectivity index (χ3n) is 6.31. The highest BCUT2D eigenvalue weighted by atomic mass is 16.3. The number of benzene rings is 1. The fourth-order valence-electron chi connectivity index (χ4n) is 5.40. The Bertz CT molecular complexity index is 554. The molecule has 3 unspecified atom stereocenters. The van der Waals surface area contributed by atoms with Gasteiger partial charge in [0.2, 0.25) is 0 Å². The van der Waals surface area contributed by atoms with Crippen molar-refractivity contribution in [1.29, 1.82) is 0 Å². The van der Waals surface area contributed by atoms with Crippen molar-refractivity contribution in [3.05, 3.63) is 28.8 Å². The smallest absolute Gasteiger partial charge is 0.121 e. The third-order valence-corrected chi connectivity index (χ3v) is 6.31. The van der Waals surface area contributed by atoms with Crippen molar-refractivity contribution in [3.8, 4) is 5.75 Å². The number of hydrogen-bond donors (Lipinski definition) is 3. The van der Waals surface area contributed by atoms with Gasteiger partial charge >= 0.3 is 0 Å². The van der Waals surface area contributed by atoms with E-state index in [0.29, 0.717) is 11.6 Å². The molecule has 1 spiro atoms. The largest absolute Gasteiger partial charge is 0.508 e. The third kappa shape index (κ3) is 1.87. The number of phenols is 1. The highest BCUT2D eigenvalue weighted by Gasteiger charge is 2.52. The summed E-state index contributed by atoms with van der Waals surface area (Å²) in [6, 6.07) is 4.61. The lowest BCUT2D eigenvalue weighted by atomic mass is 9.52. The first kappa shape index (κ1) is 13.6. The van der Waals surface area contributed by atoms with Crippen LogP contribution >= 0.6 is 0 Å². The normalized spacial score (nSPS) is 34.7. The molecule has 114 valence electrons. The van der Waals surface area contributed by atoms with Gasteiger partial charge in [-0.15, -0.1) is 0 Å². The van der Waals surface area contributed by atoms with E-state index < -0.39 is 0 Å². The molecule has 1 saturated carbocycles. The van der Waals surface area contributed by atoms with Gasteiger partial charge in [-0.05, 0) is 67.8 Å². The van der Waals surface area contributed by atoms with Crippen LogP contribution in [0.25, 0.3) is 0 Å². The Labute approximate surface area is 126 Å². The van der Waals surface area contributed by atoms with Crippen LogP contribution in [0.4, 0.5) is 0 Å². The van der Waals surface area contributed by atoms with E-state index in [-0.39, 0.29) is 17.8 Å². The van der Waals surface area contributed by atoms with Crippen LogP contribution in [-0.4, -0.2) is 22.8 Å². The lowest BCUT2D eigenvalue weighted by molar-refractivity contribution is 0.0760. The molecule has 1 aromatic carbocycles. The van der Waals surface area contributed by atoms with Gasteiger partial charge in [0.25, 0.3) is 0 Å². The Morgan fingerprint density at radius 1 is 1.19 bits per heavy atom. The molecule has 0 bridgehead atoms. The molecule has 3 atom stereocenters. The highest BCUT2D eigenvalue weighted by molar-refractivity contribution is 5.49. The van der Waals surface area contributed by atoms with Crippen LogP contribution in [0.3, 0.4) is 0 Å². The molecule has 3 nitrogen and oxygen atoms in total.